The number of likely N-dealkylation sites (tertiary alicyclic amines) is 1. The molecule has 2 rings (SSSR count). The summed E-state index contributed by atoms with van der Waals surface area (Å²) in [6, 6.07) is 8.65. The van der Waals surface area contributed by atoms with Gasteiger partial charge < -0.3 is 5.73 Å². The molecule has 0 radical (unpaired) electrons. The van der Waals surface area contributed by atoms with Crippen molar-refractivity contribution in [3.05, 3.63) is 34.9 Å². The van der Waals surface area contributed by atoms with Gasteiger partial charge in [0.15, 0.2) is 0 Å². The minimum Gasteiger partial charge on any atom is -0.329 e. The molecule has 2 N–H and O–H groups in total. The number of rotatable bonds is 3. The highest BCUT2D eigenvalue weighted by Gasteiger charge is 2.28. The molecule has 1 aliphatic rings. The van der Waals surface area contributed by atoms with Crippen molar-refractivity contribution in [3.63, 3.8) is 0 Å². The van der Waals surface area contributed by atoms with Gasteiger partial charge in [-0.2, -0.15) is 0 Å². The van der Waals surface area contributed by atoms with Gasteiger partial charge in [-0.1, -0.05) is 23.7 Å². The molecule has 1 aromatic rings. The van der Waals surface area contributed by atoms with Gasteiger partial charge in [0.25, 0.3) is 0 Å². The van der Waals surface area contributed by atoms with E-state index in [1.807, 2.05) is 12.1 Å². The Balaban J connectivity index is 2.08. The molecule has 1 aliphatic heterocycles. The van der Waals surface area contributed by atoms with Crippen LogP contribution >= 0.6 is 11.6 Å². The Hall–Kier alpha value is -0.570. The van der Waals surface area contributed by atoms with Crippen LogP contribution in [0.3, 0.4) is 0 Å². The maximum atomic E-state index is 5.95. The molecule has 0 aliphatic carbocycles. The maximum Gasteiger partial charge on any atom is 0.0409 e. The standard InChI is InChI=1S/C11H15ClN2/c12-10-3-1-2-9(8-10)11-4-6-14(11)7-5-13/h1-3,8,11H,4-7,13H2. The molecule has 76 valence electrons. The molecular formula is C11H15ClN2. The summed E-state index contributed by atoms with van der Waals surface area (Å²) < 4.78 is 0. The van der Waals surface area contributed by atoms with Crippen molar-refractivity contribution in [1.29, 1.82) is 0 Å². The number of hydrogen-bond donors (Lipinski definition) is 1. The highest BCUT2D eigenvalue weighted by atomic mass is 35.5. The van der Waals surface area contributed by atoms with Crippen molar-refractivity contribution in [1.82, 2.24) is 4.90 Å². The highest BCUT2D eigenvalue weighted by Crippen LogP contribution is 2.33. The Morgan fingerprint density at radius 1 is 1.50 bits per heavy atom. The van der Waals surface area contributed by atoms with E-state index in [9.17, 15) is 0 Å². The Bertz CT molecular complexity index is 314. The van der Waals surface area contributed by atoms with E-state index in [4.69, 9.17) is 17.3 Å². The molecule has 1 aromatic carbocycles. The predicted molar refractivity (Wildman–Crippen MR) is 59.4 cm³/mol. The van der Waals surface area contributed by atoms with Gasteiger partial charge in [0.1, 0.15) is 0 Å². The first-order valence-corrected chi connectivity index (χ1v) is 5.38. The largest absolute Gasteiger partial charge is 0.329 e. The molecule has 1 heterocycles. The van der Waals surface area contributed by atoms with Crippen molar-refractivity contribution in [2.75, 3.05) is 19.6 Å². The third-order valence-electron chi connectivity index (χ3n) is 2.78. The van der Waals surface area contributed by atoms with E-state index in [0.29, 0.717) is 6.04 Å². The SMILES string of the molecule is NCCN1CCC1c1cccc(Cl)c1. The number of hydrogen-bond acceptors (Lipinski definition) is 2. The second-order valence-electron chi connectivity index (χ2n) is 3.68. The van der Waals surface area contributed by atoms with Crippen molar-refractivity contribution in [2.24, 2.45) is 5.73 Å². The van der Waals surface area contributed by atoms with Crippen molar-refractivity contribution in [3.8, 4) is 0 Å². The number of benzene rings is 1. The van der Waals surface area contributed by atoms with Crippen LogP contribution in [0.4, 0.5) is 0 Å². The van der Waals surface area contributed by atoms with Gasteiger partial charge in [-0.3, -0.25) is 4.90 Å². The lowest BCUT2D eigenvalue weighted by Crippen LogP contribution is -2.43. The molecule has 1 atom stereocenters. The Kier molecular flexibility index (Phi) is 3.06. The lowest BCUT2D eigenvalue weighted by molar-refractivity contribution is 0.0951. The summed E-state index contributed by atoms with van der Waals surface area (Å²) in [4.78, 5) is 2.39. The zero-order chi connectivity index (χ0) is 9.97. The number of nitrogens with two attached hydrogens (primary N) is 1. The molecule has 0 saturated carbocycles. The van der Waals surface area contributed by atoms with Crippen LogP contribution in [0.5, 0.6) is 0 Å². The first-order chi connectivity index (χ1) is 6.81. The monoisotopic (exact) mass is 210 g/mol. The van der Waals surface area contributed by atoms with Crippen LogP contribution in [0, 0.1) is 0 Å². The van der Waals surface area contributed by atoms with Gasteiger partial charge in [0.05, 0.1) is 0 Å². The molecule has 0 amide bonds. The van der Waals surface area contributed by atoms with E-state index in [2.05, 4.69) is 17.0 Å². The predicted octanol–water partition coefficient (Wildman–Crippen LogP) is 2.05. The van der Waals surface area contributed by atoms with Gasteiger partial charge >= 0.3 is 0 Å². The Labute approximate surface area is 89.7 Å². The average Bonchev–Trinajstić information content (AvgIpc) is 2.12. The van der Waals surface area contributed by atoms with Crippen LogP contribution in [-0.4, -0.2) is 24.5 Å². The summed E-state index contributed by atoms with van der Waals surface area (Å²) in [5.74, 6) is 0. The molecule has 3 heteroatoms. The van der Waals surface area contributed by atoms with E-state index >= 15 is 0 Å². The zero-order valence-corrected chi connectivity index (χ0v) is 8.87. The van der Waals surface area contributed by atoms with E-state index in [-0.39, 0.29) is 0 Å². The smallest absolute Gasteiger partial charge is 0.0409 e. The maximum absolute atomic E-state index is 5.95. The van der Waals surface area contributed by atoms with Gasteiger partial charge in [-0.25, -0.2) is 0 Å². The molecule has 1 unspecified atom stereocenters. The summed E-state index contributed by atoms with van der Waals surface area (Å²) >= 11 is 5.95. The Morgan fingerprint density at radius 3 is 2.93 bits per heavy atom. The quantitative estimate of drug-likeness (QED) is 0.828. The van der Waals surface area contributed by atoms with Crippen molar-refractivity contribution in [2.45, 2.75) is 12.5 Å². The van der Waals surface area contributed by atoms with E-state index in [1.54, 1.807) is 0 Å². The number of nitrogens with zero attached hydrogens (tertiary/aromatic N) is 1. The average molecular weight is 211 g/mol. The Morgan fingerprint density at radius 2 is 2.36 bits per heavy atom. The minimum atomic E-state index is 0.539. The third-order valence-corrected chi connectivity index (χ3v) is 3.02. The van der Waals surface area contributed by atoms with E-state index in [1.165, 1.54) is 12.0 Å². The van der Waals surface area contributed by atoms with E-state index in [0.717, 1.165) is 24.7 Å². The fourth-order valence-corrected chi connectivity index (χ4v) is 2.16. The summed E-state index contributed by atoms with van der Waals surface area (Å²) in [7, 11) is 0. The highest BCUT2D eigenvalue weighted by molar-refractivity contribution is 6.30. The normalized spacial score (nSPS) is 22.0. The second-order valence-corrected chi connectivity index (χ2v) is 4.12. The summed E-state index contributed by atoms with van der Waals surface area (Å²) in [5, 5.41) is 0.821. The van der Waals surface area contributed by atoms with Crippen LogP contribution in [0.25, 0.3) is 0 Å². The fraction of sp³-hybridized carbons (Fsp3) is 0.455. The van der Waals surface area contributed by atoms with Crippen LogP contribution in [0.1, 0.15) is 18.0 Å². The summed E-state index contributed by atoms with van der Waals surface area (Å²) in [6.07, 6.45) is 1.22. The molecule has 1 fully saturated rings. The summed E-state index contributed by atoms with van der Waals surface area (Å²) in [6.45, 7) is 2.88. The van der Waals surface area contributed by atoms with Crippen molar-refractivity contribution < 1.29 is 0 Å². The van der Waals surface area contributed by atoms with Gasteiger partial charge in [0.2, 0.25) is 0 Å². The molecule has 2 nitrogen and oxygen atoms in total. The van der Waals surface area contributed by atoms with Gasteiger partial charge in [-0.15, -0.1) is 0 Å². The molecule has 14 heavy (non-hydrogen) atoms. The minimum absolute atomic E-state index is 0.539. The molecule has 0 bridgehead atoms. The van der Waals surface area contributed by atoms with Gasteiger partial charge in [-0.05, 0) is 24.1 Å². The van der Waals surface area contributed by atoms with Crippen LogP contribution < -0.4 is 5.73 Å². The lowest BCUT2D eigenvalue weighted by atomic mass is 9.95. The molecule has 0 spiro atoms. The molecule has 0 aromatic heterocycles. The zero-order valence-electron chi connectivity index (χ0n) is 8.12. The van der Waals surface area contributed by atoms with E-state index < -0.39 is 0 Å². The van der Waals surface area contributed by atoms with Crippen LogP contribution in [-0.2, 0) is 0 Å². The molecule has 1 saturated heterocycles. The third kappa shape index (κ3) is 1.92. The summed E-state index contributed by atoms with van der Waals surface area (Å²) in [5.41, 5.74) is 6.86. The second kappa shape index (κ2) is 4.30. The van der Waals surface area contributed by atoms with Crippen LogP contribution in [0.2, 0.25) is 5.02 Å². The van der Waals surface area contributed by atoms with Gasteiger partial charge in [0, 0.05) is 30.7 Å². The van der Waals surface area contributed by atoms with Crippen molar-refractivity contribution >= 4 is 11.6 Å². The van der Waals surface area contributed by atoms with Crippen LogP contribution in [0.15, 0.2) is 24.3 Å². The topological polar surface area (TPSA) is 29.3 Å². The fourth-order valence-electron chi connectivity index (χ4n) is 1.97. The molecular weight excluding hydrogens is 196 g/mol. The first kappa shape index (κ1) is 9.97. The first-order valence-electron chi connectivity index (χ1n) is 5.01. The lowest BCUT2D eigenvalue weighted by Gasteiger charge is -2.41. The number of halogens is 1.